The summed E-state index contributed by atoms with van der Waals surface area (Å²) in [6.07, 6.45) is 0. The van der Waals surface area contributed by atoms with Crippen LogP contribution in [-0.4, -0.2) is 0 Å². The van der Waals surface area contributed by atoms with Crippen LogP contribution in [0, 0.1) is 12.0 Å². The first kappa shape index (κ1) is 8.40. The summed E-state index contributed by atoms with van der Waals surface area (Å²) in [5, 5.41) is 1.04. The Balaban J connectivity index is 2.90. The molecule has 0 atom stereocenters. The van der Waals surface area contributed by atoms with E-state index in [1.54, 1.807) is 24.3 Å². The van der Waals surface area contributed by atoms with Gasteiger partial charge in [0.15, 0.2) is 0 Å². The van der Waals surface area contributed by atoms with E-state index in [0.717, 1.165) is 16.4 Å². The van der Waals surface area contributed by atoms with Gasteiger partial charge in [0.05, 0.1) is 5.69 Å². The Hall–Kier alpha value is -1.70. The molecular formula is C8H10N4. The molecule has 4 nitrogen and oxygen atoms in total. The summed E-state index contributed by atoms with van der Waals surface area (Å²) in [5.41, 5.74) is 6.59. The van der Waals surface area contributed by atoms with Gasteiger partial charge in [0.1, 0.15) is 0 Å². The largest absolute Gasteiger partial charge is 0.359 e. The number of hydrazine groups is 2. The van der Waals surface area contributed by atoms with Crippen molar-refractivity contribution >= 4 is 5.69 Å². The van der Waals surface area contributed by atoms with Crippen molar-refractivity contribution in [1.29, 1.82) is 0 Å². The van der Waals surface area contributed by atoms with Crippen molar-refractivity contribution in [3.05, 3.63) is 29.8 Å². The fourth-order valence-electron chi connectivity index (χ4n) is 0.800. The van der Waals surface area contributed by atoms with E-state index in [4.69, 9.17) is 17.4 Å². The third-order valence-electron chi connectivity index (χ3n) is 1.38. The highest BCUT2D eigenvalue weighted by Gasteiger charge is 1.93. The quantitative estimate of drug-likeness (QED) is 0.225. The molecule has 0 aliphatic heterocycles. The fraction of sp³-hybridized carbons (Fsp3) is 0. The minimum absolute atomic E-state index is 0.720. The zero-order chi connectivity index (χ0) is 8.97. The first-order valence-corrected chi connectivity index (χ1v) is 3.35. The summed E-state index contributed by atoms with van der Waals surface area (Å²) in [6.45, 7) is 0. The molecule has 0 saturated carbocycles. The minimum Gasteiger partial charge on any atom is -0.359 e. The molecule has 0 aromatic heterocycles. The normalized spacial score (nSPS) is 8.50. The van der Waals surface area contributed by atoms with Crippen molar-refractivity contribution in [2.24, 2.45) is 17.4 Å². The van der Waals surface area contributed by atoms with E-state index >= 15 is 0 Å². The van der Waals surface area contributed by atoms with Gasteiger partial charge in [-0.05, 0) is 30.2 Å². The molecule has 0 radical (unpaired) electrons. The van der Waals surface area contributed by atoms with Crippen LogP contribution < -0.4 is 22.5 Å². The van der Waals surface area contributed by atoms with E-state index < -0.39 is 0 Å². The molecule has 4 heteroatoms. The van der Waals surface area contributed by atoms with Crippen LogP contribution in [0.5, 0.6) is 0 Å². The topological polar surface area (TPSA) is 81.3 Å². The van der Waals surface area contributed by atoms with Crippen molar-refractivity contribution in [1.82, 2.24) is 0 Å². The van der Waals surface area contributed by atoms with E-state index in [2.05, 4.69) is 12.0 Å². The van der Waals surface area contributed by atoms with Gasteiger partial charge in [0.25, 0.3) is 0 Å². The Kier molecular flexibility index (Phi) is 2.53. The second kappa shape index (κ2) is 3.62. The van der Waals surface area contributed by atoms with E-state index in [9.17, 15) is 0 Å². The summed E-state index contributed by atoms with van der Waals surface area (Å²) in [6, 6.07) is 9.42. The Morgan fingerprint density at radius 3 is 2.08 bits per heavy atom. The average molecular weight is 162 g/mol. The van der Waals surface area contributed by atoms with Crippen LogP contribution in [-0.2, 0) is 0 Å². The number of nitrogens with two attached hydrogens (primary N) is 3. The van der Waals surface area contributed by atoms with E-state index in [0.29, 0.717) is 0 Å². The summed E-state index contributed by atoms with van der Waals surface area (Å²) in [7, 11) is 0. The number of hydrogen-bond acceptors (Lipinski definition) is 4. The number of nitrogens with zero attached hydrogens (tertiary/aromatic N) is 1. The van der Waals surface area contributed by atoms with E-state index in [1.165, 1.54) is 0 Å². The highest BCUT2D eigenvalue weighted by Crippen LogP contribution is 2.08. The molecule has 0 spiro atoms. The molecule has 0 amide bonds. The molecule has 0 heterocycles. The Labute approximate surface area is 70.9 Å². The van der Waals surface area contributed by atoms with Gasteiger partial charge >= 0.3 is 0 Å². The molecule has 0 aliphatic carbocycles. The van der Waals surface area contributed by atoms with Crippen molar-refractivity contribution in [2.45, 2.75) is 0 Å². The van der Waals surface area contributed by atoms with Gasteiger partial charge in [-0.1, -0.05) is 0 Å². The maximum Gasteiger partial charge on any atom is 0.0697 e. The predicted octanol–water partition coefficient (Wildman–Crippen LogP) is -0.492. The third-order valence-corrected chi connectivity index (χ3v) is 1.38. The molecule has 6 N–H and O–H groups in total. The molecule has 1 aromatic rings. The summed E-state index contributed by atoms with van der Waals surface area (Å²) < 4.78 is 0. The highest BCUT2D eigenvalue weighted by atomic mass is 15.6. The monoisotopic (exact) mass is 162 g/mol. The van der Waals surface area contributed by atoms with Crippen LogP contribution in [0.25, 0.3) is 0 Å². The molecule has 0 fully saturated rings. The van der Waals surface area contributed by atoms with E-state index in [1.807, 2.05) is 0 Å². The lowest BCUT2D eigenvalue weighted by molar-refractivity contribution is 0.925. The lowest BCUT2D eigenvalue weighted by atomic mass is 10.2. The SMILES string of the molecule is NC#Cc1ccc(N(N)N)cc1. The van der Waals surface area contributed by atoms with Gasteiger partial charge < -0.3 is 5.73 Å². The molecule has 0 aliphatic rings. The molecule has 0 saturated heterocycles. The lowest BCUT2D eigenvalue weighted by Gasteiger charge is -2.10. The molecule has 1 rings (SSSR count). The second-order valence-corrected chi connectivity index (χ2v) is 2.22. The van der Waals surface area contributed by atoms with Crippen LogP contribution in [0.3, 0.4) is 0 Å². The Morgan fingerprint density at radius 1 is 1.08 bits per heavy atom. The summed E-state index contributed by atoms with van der Waals surface area (Å²) >= 11 is 0. The molecule has 12 heavy (non-hydrogen) atoms. The fourth-order valence-corrected chi connectivity index (χ4v) is 0.800. The van der Waals surface area contributed by atoms with Crippen LogP contribution >= 0.6 is 0 Å². The first-order chi connectivity index (χ1) is 5.74. The van der Waals surface area contributed by atoms with E-state index in [-0.39, 0.29) is 0 Å². The summed E-state index contributed by atoms with van der Waals surface area (Å²) in [5.74, 6) is 13.3. The van der Waals surface area contributed by atoms with Gasteiger partial charge in [0, 0.05) is 11.6 Å². The number of benzene rings is 1. The maximum atomic E-state index is 5.29. The lowest BCUT2D eigenvalue weighted by Crippen LogP contribution is -2.37. The van der Waals surface area contributed by atoms with Crippen LogP contribution in [0.4, 0.5) is 5.69 Å². The van der Waals surface area contributed by atoms with Crippen LogP contribution in [0.2, 0.25) is 0 Å². The number of rotatable bonds is 1. The van der Waals surface area contributed by atoms with Gasteiger partial charge in [-0.2, -0.15) is 0 Å². The Bertz CT molecular complexity index is 304. The van der Waals surface area contributed by atoms with Gasteiger partial charge in [-0.3, -0.25) is 0 Å². The third kappa shape index (κ3) is 1.89. The van der Waals surface area contributed by atoms with Gasteiger partial charge in [-0.25, -0.2) is 16.8 Å². The molecule has 0 bridgehead atoms. The van der Waals surface area contributed by atoms with Crippen molar-refractivity contribution in [3.8, 4) is 12.0 Å². The smallest absolute Gasteiger partial charge is 0.0697 e. The van der Waals surface area contributed by atoms with Crippen molar-refractivity contribution in [2.75, 3.05) is 5.12 Å². The minimum atomic E-state index is 0.720. The van der Waals surface area contributed by atoms with Crippen LogP contribution in [0.1, 0.15) is 5.56 Å². The second-order valence-electron chi connectivity index (χ2n) is 2.22. The first-order valence-electron chi connectivity index (χ1n) is 3.35. The van der Waals surface area contributed by atoms with Gasteiger partial charge in [-0.15, -0.1) is 0 Å². The molecule has 1 aromatic carbocycles. The highest BCUT2D eigenvalue weighted by molar-refractivity contribution is 5.48. The van der Waals surface area contributed by atoms with Crippen LogP contribution in [0.15, 0.2) is 24.3 Å². The molecule has 62 valence electrons. The van der Waals surface area contributed by atoms with Gasteiger partial charge in [0.2, 0.25) is 0 Å². The zero-order valence-electron chi connectivity index (χ0n) is 6.49. The average Bonchev–Trinajstić information content (AvgIpc) is 2.06. The standard InChI is InChI=1S/C8H10N4/c9-6-5-7-1-3-8(4-2-7)12(10)11/h1-4H,9-11H2. The molecule has 0 unspecified atom stereocenters. The number of anilines is 1. The van der Waals surface area contributed by atoms with Crippen molar-refractivity contribution in [3.63, 3.8) is 0 Å². The predicted molar refractivity (Wildman–Crippen MR) is 48.4 cm³/mol. The zero-order valence-corrected chi connectivity index (χ0v) is 6.49. The Morgan fingerprint density at radius 2 is 1.67 bits per heavy atom. The molecular weight excluding hydrogens is 152 g/mol. The number of hydrogen-bond donors (Lipinski definition) is 3. The maximum absolute atomic E-state index is 5.29. The summed E-state index contributed by atoms with van der Waals surface area (Å²) in [4.78, 5) is 0. The van der Waals surface area contributed by atoms with Crippen molar-refractivity contribution < 1.29 is 0 Å².